The molecule has 0 aliphatic heterocycles. The molecule has 8 heteroatoms. The average Bonchev–Trinajstić information content (AvgIpc) is 3.00. The van der Waals surface area contributed by atoms with Gasteiger partial charge in [0.15, 0.2) is 11.5 Å². The normalized spacial score (nSPS) is 11.1. The molecule has 0 aliphatic carbocycles. The summed E-state index contributed by atoms with van der Waals surface area (Å²) < 4.78 is 9.82. The zero-order chi connectivity index (χ0) is 14.4. The van der Waals surface area contributed by atoms with Crippen LogP contribution in [0, 0.1) is 0 Å². The van der Waals surface area contributed by atoms with Crippen LogP contribution in [0.2, 0.25) is 0 Å². The van der Waals surface area contributed by atoms with Gasteiger partial charge in [-0.3, -0.25) is 4.79 Å². The first-order chi connectivity index (χ1) is 9.69. The summed E-state index contributed by atoms with van der Waals surface area (Å²) in [6.07, 6.45) is 1.32. The van der Waals surface area contributed by atoms with Gasteiger partial charge in [-0.2, -0.15) is 0 Å². The molecular formula is C12H12N4O4. The smallest absolute Gasteiger partial charge is 0.277 e. The molecule has 2 aromatic rings. The number of nitrogens with one attached hydrogen (secondary N) is 1. The highest BCUT2D eigenvalue weighted by atomic mass is 16.5. The van der Waals surface area contributed by atoms with Crippen LogP contribution in [0.15, 0.2) is 46.3 Å². The monoisotopic (exact) mass is 276 g/mol. The molecule has 8 nitrogen and oxygen atoms in total. The first kappa shape index (κ1) is 13.4. The van der Waals surface area contributed by atoms with Gasteiger partial charge in [0.05, 0.1) is 0 Å². The Hall–Kier alpha value is -3.03. The van der Waals surface area contributed by atoms with E-state index in [1.165, 1.54) is 12.3 Å². The highest BCUT2D eigenvalue weighted by molar-refractivity contribution is 6.02. The number of oxime groups is 1. The minimum atomic E-state index is -0.371. The number of nitrogens with zero attached hydrogens (tertiary/aromatic N) is 2. The number of anilines is 1. The van der Waals surface area contributed by atoms with E-state index < -0.39 is 0 Å². The van der Waals surface area contributed by atoms with Gasteiger partial charge in [-0.15, -0.1) is 0 Å². The maximum Gasteiger partial charge on any atom is 0.277 e. The number of amides is 1. The molecule has 0 atom stereocenters. The van der Waals surface area contributed by atoms with Crippen LogP contribution in [0.3, 0.4) is 0 Å². The quantitative estimate of drug-likeness (QED) is 0.324. The van der Waals surface area contributed by atoms with Gasteiger partial charge in [-0.25, -0.2) is 0 Å². The van der Waals surface area contributed by atoms with Crippen molar-refractivity contribution in [1.82, 2.24) is 5.16 Å². The Morgan fingerprint density at radius 2 is 2.15 bits per heavy atom. The van der Waals surface area contributed by atoms with Crippen LogP contribution in [0.4, 0.5) is 5.69 Å². The number of hydrogen-bond donors (Lipinski definition) is 3. The number of carbonyl (C=O) groups excluding carboxylic acids is 1. The minimum Gasteiger partial charge on any atom is -0.486 e. The lowest BCUT2D eigenvalue weighted by Gasteiger charge is -2.06. The third-order valence-corrected chi connectivity index (χ3v) is 2.30. The van der Waals surface area contributed by atoms with Gasteiger partial charge in [-0.05, 0) is 24.3 Å². The van der Waals surface area contributed by atoms with Gasteiger partial charge in [-0.1, -0.05) is 10.3 Å². The summed E-state index contributed by atoms with van der Waals surface area (Å²) in [5, 5.41) is 17.3. The predicted molar refractivity (Wildman–Crippen MR) is 69.8 cm³/mol. The number of aromatic nitrogens is 1. The molecule has 20 heavy (non-hydrogen) atoms. The predicted octanol–water partition coefficient (Wildman–Crippen LogP) is 1.05. The van der Waals surface area contributed by atoms with Crippen molar-refractivity contribution in [2.45, 2.75) is 0 Å². The molecule has 0 bridgehead atoms. The summed E-state index contributed by atoms with van der Waals surface area (Å²) in [6.45, 7) is -0.0266. The first-order valence-electron chi connectivity index (χ1n) is 5.60. The Morgan fingerprint density at radius 1 is 1.40 bits per heavy atom. The van der Waals surface area contributed by atoms with Gasteiger partial charge < -0.3 is 25.5 Å². The number of ether oxygens (including phenoxy) is 1. The van der Waals surface area contributed by atoms with Crippen molar-refractivity contribution >= 4 is 17.4 Å². The third-order valence-electron chi connectivity index (χ3n) is 2.30. The topological polar surface area (TPSA) is 123 Å². The van der Waals surface area contributed by atoms with Crippen LogP contribution < -0.4 is 15.8 Å². The molecule has 0 aliphatic rings. The van der Waals surface area contributed by atoms with Crippen LogP contribution in [0.5, 0.6) is 5.75 Å². The highest BCUT2D eigenvalue weighted by Crippen LogP contribution is 2.16. The van der Waals surface area contributed by atoms with E-state index in [4.69, 9.17) is 15.7 Å². The number of hydrogen-bond acceptors (Lipinski definition) is 6. The molecule has 4 N–H and O–H groups in total. The first-order valence-corrected chi connectivity index (χ1v) is 5.60. The van der Waals surface area contributed by atoms with Crippen LogP contribution >= 0.6 is 0 Å². The van der Waals surface area contributed by atoms with E-state index in [0.717, 1.165) is 0 Å². The Bertz CT molecular complexity index is 592. The Kier molecular flexibility index (Phi) is 4.17. The zero-order valence-electron chi connectivity index (χ0n) is 10.3. The second-order valence-electron chi connectivity index (χ2n) is 3.74. The molecule has 0 saturated carbocycles. The van der Waals surface area contributed by atoms with E-state index in [1.54, 1.807) is 24.3 Å². The zero-order valence-corrected chi connectivity index (χ0v) is 10.3. The number of nitrogens with two attached hydrogens (primary N) is 1. The van der Waals surface area contributed by atoms with Gasteiger partial charge in [0.2, 0.25) is 0 Å². The van der Waals surface area contributed by atoms with Crippen molar-refractivity contribution < 1.29 is 19.3 Å². The number of rotatable bonds is 5. The van der Waals surface area contributed by atoms with E-state index in [9.17, 15) is 4.79 Å². The molecule has 0 spiro atoms. The Morgan fingerprint density at radius 3 is 2.75 bits per heavy atom. The van der Waals surface area contributed by atoms with Crippen molar-refractivity contribution in [3.63, 3.8) is 0 Å². The summed E-state index contributed by atoms with van der Waals surface area (Å²) >= 11 is 0. The molecule has 104 valence electrons. The van der Waals surface area contributed by atoms with Crippen molar-refractivity contribution in [3.8, 4) is 5.75 Å². The molecule has 1 aromatic carbocycles. The van der Waals surface area contributed by atoms with Gasteiger partial charge in [0.25, 0.3) is 5.91 Å². The van der Waals surface area contributed by atoms with Crippen LogP contribution in [0.1, 0.15) is 10.5 Å². The Balaban J connectivity index is 1.93. The fourth-order valence-electron chi connectivity index (χ4n) is 1.35. The van der Waals surface area contributed by atoms with Crippen molar-refractivity contribution in [2.24, 2.45) is 10.9 Å². The summed E-state index contributed by atoms with van der Waals surface area (Å²) in [6, 6.07) is 8.05. The SMILES string of the molecule is NC(COc1ccc(NC(=O)c2ccon2)cc1)=NO. The fraction of sp³-hybridized carbons (Fsp3) is 0.0833. The lowest BCUT2D eigenvalue weighted by atomic mass is 10.3. The standard InChI is InChI=1S/C12H12N4O4/c13-11(15-18)7-19-9-3-1-8(2-4-9)14-12(17)10-5-6-20-16-10/h1-6,18H,7H2,(H2,13,15)(H,14,17). The summed E-state index contributed by atoms with van der Waals surface area (Å²) in [5.41, 5.74) is 6.04. The summed E-state index contributed by atoms with van der Waals surface area (Å²) in [7, 11) is 0. The van der Waals surface area contributed by atoms with Gasteiger partial charge in [0, 0.05) is 11.8 Å². The van der Waals surface area contributed by atoms with Crippen molar-refractivity contribution in [3.05, 3.63) is 42.3 Å². The molecular weight excluding hydrogens is 264 g/mol. The van der Waals surface area contributed by atoms with Crippen molar-refractivity contribution in [2.75, 3.05) is 11.9 Å². The summed E-state index contributed by atoms with van der Waals surface area (Å²) in [5.74, 6) is 0.119. The molecule has 0 unspecified atom stereocenters. The molecule has 2 rings (SSSR count). The van der Waals surface area contributed by atoms with Gasteiger partial charge in [0.1, 0.15) is 18.6 Å². The van der Waals surface area contributed by atoms with Crippen LogP contribution in [-0.2, 0) is 0 Å². The maximum atomic E-state index is 11.7. The number of benzene rings is 1. The average molecular weight is 276 g/mol. The van der Waals surface area contributed by atoms with E-state index in [1.807, 2.05) is 0 Å². The minimum absolute atomic E-state index is 0.0266. The second-order valence-corrected chi connectivity index (χ2v) is 3.74. The second kappa shape index (κ2) is 6.23. The third kappa shape index (κ3) is 3.48. The lowest BCUT2D eigenvalue weighted by Crippen LogP contribution is -2.20. The summed E-state index contributed by atoms with van der Waals surface area (Å²) in [4.78, 5) is 11.7. The largest absolute Gasteiger partial charge is 0.486 e. The van der Waals surface area contributed by atoms with Crippen LogP contribution in [-0.4, -0.2) is 28.7 Å². The molecule has 1 amide bonds. The van der Waals surface area contributed by atoms with Crippen LogP contribution in [0.25, 0.3) is 0 Å². The highest BCUT2D eigenvalue weighted by Gasteiger charge is 2.08. The Labute approximate surface area is 113 Å². The molecule has 1 heterocycles. The van der Waals surface area contributed by atoms with E-state index >= 15 is 0 Å². The molecule has 0 saturated heterocycles. The fourth-order valence-corrected chi connectivity index (χ4v) is 1.35. The van der Waals surface area contributed by atoms with E-state index in [-0.39, 0.29) is 24.0 Å². The van der Waals surface area contributed by atoms with E-state index in [2.05, 4.69) is 20.2 Å². The number of amidine groups is 1. The lowest BCUT2D eigenvalue weighted by molar-refractivity contribution is 0.101. The van der Waals surface area contributed by atoms with Gasteiger partial charge >= 0.3 is 0 Å². The molecule has 0 fully saturated rings. The molecule has 0 radical (unpaired) electrons. The van der Waals surface area contributed by atoms with Crippen molar-refractivity contribution in [1.29, 1.82) is 0 Å². The number of carbonyl (C=O) groups is 1. The molecule has 1 aromatic heterocycles. The maximum absolute atomic E-state index is 11.7. The van der Waals surface area contributed by atoms with E-state index in [0.29, 0.717) is 11.4 Å².